The fraction of sp³-hybridized carbons (Fsp3) is 0.333. The highest BCUT2D eigenvalue weighted by Crippen LogP contribution is 2.37. The van der Waals surface area contributed by atoms with E-state index in [0.717, 1.165) is 17.9 Å². The minimum absolute atomic E-state index is 0.163. The summed E-state index contributed by atoms with van der Waals surface area (Å²) in [6, 6.07) is 15.7. The van der Waals surface area contributed by atoms with Crippen LogP contribution in [0.4, 0.5) is 4.39 Å². The van der Waals surface area contributed by atoms with Crippen molar-refractivity contribution >= 4 is 11.6 Å². The summed E-state index contributed by atoms with van der Waals surface area (Å²) in [6.07, 6.45) is 2.23. The second-order valence-electron chi connectivity index (χ2n) is 5.86. The third kappa shape index (κ3) is 3.45. The van der Waals surface area contributed by atoms with Crippen molar-refractivity contribution in [2.45, 2.75) is 37.8 Å². The quantitative estimate of drug-likeness (QED) is 0.831. The maximum Gasteiger partial charge on any atom is 0.123 e. The molecule has 1 N–H and O–H groups in total. The largest absolute Gasteiger partial charge is 0.307 e. The van der Waals surface area contributed by atoms with Gasteiger partial charge in [-0.3, -0.25) is 0 Å². The summed E-state index contributed by atoms with van der Waals surface area (Å²) < 4.78 is 12.9. The number of nitrogens with one attached hydrogen (secondary N) is 1. The van der Waals surface area contributed by atoms with Crippen LogP contribution in [0.15, 0.2) is 48.5 Å². The Labute approximate surface area is 130 Å². The van der Waals surface area contributed by atoms with E-state index in [-0.39, 0.29) is 5.82 Å². The van der Waals surface area contributed by atoms with Gasteiger partial charge in [0.1, 0.15) is 5.82 Å². The van der Waals surface area contributed by atoms with Gasteiger partial charge in [0.05, 0.1) is 0 Å². The SMILES string of the molecule is C[C@H](NC1CC(c2ccc(F)cc2)C1)c1ccc(Cl)cc1. The van der Waals surface area contributed by atoms with Crippen LogP contribution in [-0.2, 0) is 0 Å². The van der Waals surface area contributed by atoms with E-state index < -0.39 is 0 Å². The summed E-state index contributed by atoms with van der Waals surface area (Å²) in [7, 11) is 0. The third-order valence-corrected chi connectivity index (χ3v) is 4.59. The second kappa shape index (κ2) is 6.17. The number of halogens is 2. The van der Waals surface area contributed by atoms with Crippen LogP contribution in [0.5, 0.6) is 0 Å². The fourth-order valence-corrected chi connectivity index (χ4v) is 3.09. The fourth-order valence-electron chi connectivity index (χ4n) is 2.96. The van der Waals surface area contributed by atoms with Gasteiger partial charge in [0, 0.05) is 17.1 Å². The van der Waals surface area contributed by atoms with Gasteiger partial charge in [0.15, 0.2) is 0 Å². The molecule has 0 aliphatic heterocycles. The van der Waals surface area contributed by atoms with Gasteiger partial charge >= 0.3 is 0 Å². The Hall–Kier alpha value is -1.38. The van der Waals surface area contributed by atoms with Gasteiger partial charge in [-0.05, 0) is 61.1 Å². The van der Waals surface area contributed by atoms with E-state index in [4.69, 9.17) is 11.6 Å². The van der Waals surface area contributed by atoms with E-state index in [2.05, 4.69) is 24.4 Å². The summed E-state index contributed by atoms with van der Waals surface area (Å²) >= 11 is 5.91. The standard InChI is InChI=1S/C18H19ClFN/c1-12(13-2-6-16(19)7-3-13)21-18-10-15(11-18)14-4-8-17(20)9-5-14/h2-9,12,15,18,21H,10-11H2,1H3/t12-,15?,18?/m0/s1. The van der Waals surface area contributed by atoms with Gasteiger partial charge in [-0.15, -0.1) is 0 Å². The third-order valence-electron chi connectivity index (χ3n) is 4.34. The first kappa shape index (κ1) is 14.6. The van der Waals surface area contributed by atoms with Crippen molar-refractivity contribution in [1.82, 2.24) is 5.32 Å². The molecule has 1 fully saturated rings. The van der Waals surface area contributed by atoms with Gasteiger partial charge in [-0.25, -0.2) is 4.39 Å². The van der Waals surface area contributed by atoms with Crippen LogP contribution in [0.25, 0.3) is 0 Å². The molecule has 2 aromatic carbocycles. The molecule has 110 valence electrons. The predicted molar refractivity (Wildman–Crippen MR) is 85.2 cm³/mol. The Balaban J connectivity index is 1.52. The zero-order valence-electron chi connectivity index (χ0n) is 12.0. The van der Waals surface area contributed by atoms with E-state index in [9.17, 15) is 4.39 Å². The van der Waals surface area contributed by atoms with Gasteiger partial charge in [0.2, 0.25) is 0 Å². The van der Waals surface area contributed by atoms with Crippen molar-refractivity contribution in [3.63, 3.8) is 0 Å². The van der Waals surface area contributed by atoms with Crippen LogP contribution in [0.2, 0.25) is 5.02 Å². The Morgan fingerprint density at radius 3 is 2.29 bits per heavy atom. The molecule has 0 saturated heterocycles. The van der Waals surface area contributed by atoms with Crippen molar-refractivity contribution in [1.29, 1.82) is 0 Å². The van der Waals surface area contributed by atoms with Crippen LogP contribution >= 0.6 is 11.6 Å². The molecule has 3 heteroatoms. The Morgan fingerprint density at radius 2 is 1.67 bits per heavy atom. The summed E-state index contributed by atoms with van der Waals surface area (Å²) in [4.78, 5) is 0. The highest BCUT2D eigenvalue weighted by Gasteiger charge is 2.31. The molecule has 1 aliphatic rings. The Bertz CT molecular complexity index is 588. The number of benzene rings is 2. The van der Waals surface area contributed by atoms with Crippen LogP contribution in [0.3, 0.4) is 0 Å². The maximum absolute atomic E-state index is 12.9. The summed E-state index contributed by atoms with van der Waals surface area (Å²) in [5, 5.41) is 4.42. The van der Waals surface area contributed by atoms with Crippen molar-refractivity contribution < 1.29 is 4.39 Å². The molecule has 0 heterocycles. The first-order chi connectivity index (χ1) is 10.1. The minimum Gasteiger partial charge on any atom is -0.307 e. The van der Waals surface area contributed by atoms with Crippen LogP contribution < -0.4 is 5.32 Å². The lowest BCUT2D eigenvalue weighted by Gasteiger charge is -2.38. The first-order valence-electron chi connectivity index (χ1n) is 7.39. The molecule has 0 unspecified atom stereocenters. The molecule has 3 rings (SSSR count). The minimum atomic E-state index is -0.163. The molecule has 2 aromatic rings. The molecular weight excluding hydrogens is 285 g/mol. The van der Waals surface area contributed by atoms with Crippen molar-refractivity contribution in [2.24, 2.45) is 0 Å². The zero-order chi connectivity index (χ0) is 14.8. The lowest BCUT2D eigenvalue weighted by molar-refractivity contribution is 0.271. The van der Waals surface area contributed by atoms with Crippen LogP contribution in [0, 0.1) is 5.82 Å². The molecule has 1 aliphatic carbocycles. The number of rotatable bonds is 4. The monoisotopic (exact) mass is 303 g/mol. The van der Waals surface area contributed by atoms with Crippen LogP contribution in [-0.4, -0.2) is 6.04 Å². The van der Waals surface area contributed by atoms with Crippen molar-refractivity contribution in [3.05, 3.63) is 70.5 Å². The Morgan fingerprint density at radius 1 is 1.05 bits per heavy atom. The smallest absolute Gasteiger partial charge is 0.123 e. The van der Waals surface area contributed by atoms with E-state index in [0.29, 0.717) is 18.0 Å². The second-order valence-corrected chi connectivity index (χ2v) is 6.29. The molecular formula is C18H19ClFN. The first-order valence-corrected chi connectivity index (χ1v) is 7.76. The highest BCUT2D eigenvalue weighted by molar-refractivity contribution is 6.30. The van der Waals surface area contributed by atoms with Gasteiger partial charge in [-0.2, -0.15) is 0 Å². The summed E-state index contributed by atoms with van der Waals surface area (Å²) in [5.74, 6) is 0.393. The van der Waals surface area contributed by atoms with Crippen molar-refractivity contribution in [2.75, 3.05) is 0 Å². The lowest BCUT2D eigenvalue weighted by Crippen LogP contribution is -2.41. The van der Waals surface area contributed by atoms with Gasteiger partial charge in [-0.1, -0.05) is 35.9 Å². The molecule has 0 amide bonds. The normalized spacial score (nSPS) is 22.6. The topological polar surface area (TPSA) is 12.0 Å². The average molecular weight is 304 g/mol. The number of hydrogen-bond acceptors (Lipinski definition) is 1. The molecule has 0 radical (unpaired) electrons. The van der Waals surface area contributed by atoms with Crippen molar-refractivity contribution in [3.8, 4) is 0 Å². The van der Waals surface area contributed by atoms with Gasteiger partial charge < -0.3 is 5.32 Å². The highest BCUT2D eigenvalue weighted by atomic mass is 35.5. The van der Waals surface area contributed by atoms with E-state index >= 15 is 0 Å². The molecule has 0 aromatic heterocycles. The molecule has 0 spiro atoms. The summed E-state index contributed by atoms with van der Waals surface area (Å²) in [6.45, 7) is 2.18. The summed E-state index contributed by atoms with van der Waals surface area (Å²) in [5.41, 5.74) is 2.50. The molecule has 1 saturated carbocycles. The predicted octanol–water partition coefficient (Wildman–Crippen LogP) is 5.08. The Kier molecular flexibility index (Phi) is 4.27. The zero-order valence-corrected chi connectivity index (χ0v) is 12.8. The van der Waals surface area contributed by atoms with E-state index in [1.807, 2.05) is 24.3 Å². The average Bonchev–Trinajstić information content (AvgIpc) is 2.44. The lowest BCUT2D eigenvalue weighted by atomic mass is 9.75. The van der Waals surface area contributed by atoms with E-state index in [1.54, 1.807) is 12.1 Å². The van der Waals surface area contributed by atoms with Crippen LogP contribution in [0.1, 0.15) is 42.9 Å². The van der Waals surface area contributed by atoms with Gasteiger partial charge in [0.25, 0.3) is 0 Å². The molecule has 1 nitrogen and oxygen atoms in total. The van der Waals surface area contributed by atoms with E-state index in [1.165, 1.54) is 11.1 Å². The number of hydrogen-bond donors (Lipinski definition) is 1. The molecule has 21 heavy (non-hydrogen) atoms. The molecule has 1 atom stereocenters. The maximum atomic E-state index is 12.9. The molecule has 0 bridgehead atoms.